The van der Waals surface area contributed by atoms with E-state index >= 15 is 0 Å². The van der Waals surface area contributed by atoms with Gasteiger partial charge in [-0.2, -0.15) is 4.98 Å². The smallest absolute Gasteiger partial charge is 0.255 e. The molecule has 1 aromatic carbocycles. The highest BCUT2D eigenvalue weighted by Crippen LogP contribution is 2.20. The minimum Gasteiger partial charge on any atom is -0.490 e. The predicted molar refractivity (Wildman–Crippen MR) is 72.4 cm³/mol. The van der Waals surface area contributed by atoms with Crippen LogP contribution < -0.4 is 10.1 Å². The van der Waals surface area contributed by atoms with Crippen molar-refractivity contribution in [2.45, 2.75) is 32.9 Å². The molecule has 6 heteroatoms. The van der Waals surface area contributed by atoms with Crippen LogP contribution in [-0.4, -0.2) is 22.2 Å². The maximum Gasteiger partial charge on any atom is 0.255 e. The average molecular weight is 275 g/mol. The Bertz CT molecular complexity index is 567. The van der Waals surface area contributed by atoms with Crippen LogP contribution in [0.3, 0.4) is 0 Å². The highest BCUT2D eigenvalue weighted by Gasteiger charge is 2.18. The van der Waals surface area contributed by atoms with E-state index in [9.17, 15) is 4.79 Å². The van der Waals surface area contributed by atoms with Crippen molar-refractivity contribution in [2.24, 2.45) is 0 Å². The van der Waals surface area contributed by atoms with Gasteiger partial charge in [-0.05, 0) is 32.9 Å². The van der Waals surface area contributed by atoms with Crippen molar-refractivity contribution in [1.29, 1.82) is 0 Å². The van der Waals surface area contributed by atoms with Crippen LogP contribution in [0, 0.1) is 0 Å². The molecule has 0 fully saturated rings. The van der Waals surface area contributed by atoms with E-state index in [2.05, 4.69) is 20.0 Å². The molecular formula is C14H17N3O3. The molecule has 0 aliphatic heterocycles. The fourth-order valence-corrected chi connectivity index (χ4v) is 1.72. The Morgan fingerprint density at radius 1 is 1.30 bits per heavy atom. The van der Waals surface area contributed by atoms with Gasteiger partial charge in [0, 0.05) is 0 Å². The molecule has 0 saturated heterocycles. The molecule has 1 atom stereocenters. The quantitative estimate of drug-likeness (QED) is 0.906. The summed E-state index contributed by atoms with van der Waals surface area (Å²) in [5, 5.41) is 6.51. The van der Waals surface area contributed by atoms with E-state index in [1.807, 2.05) is 19.9 Å². The first-order valence-electron chi connectivity index (χ1n) is 6.40. The molecule has 106 valence electrons. The topological polar surface area (TPSA) is 77.2 Å². The second-order valence-corrected chi connectivity index (χ2v) is 4.65. The molecule has 2 aromatic rings. The lowest BCUT2D eigenvalue weighted by atomic mass is 10.1. The fraction of sp³-hybridized carbons (Fsp3) is 0.357. The van der Waals surface area contributed by atoms with Crippen LogP contribution in [0.5, 0.6) is 5.75 Å². The third-order valence-corrected chi connectivity index (χ3v) is 2.61. The molecule has 0 bridgehead atoms. The molecule has 0 radical (unpaired) electrons. The molecule has 0 spiro atoms. The van der Waals surface area contributed by atoms with Crippen molar-refractivity contribution in [1.82, 2.24) is 15.5 Å². The Morgan fingerprint density at radius 2 is 2.05 bits per heavy atom. The molecule has 0 unspecified atom stereocenters. The van der Waals surface area contributed by atoms with Crippen molar-refractivity contribution >= 4 is 5.91 Å². The fourth-order valence-electron chi connectivity index (χ4n) is 1.72. The van der Waals surface area contributed by atoms with Gasteiger partial charge < -0.3 is 14.6 Å². The van der Waals surface area contributed by atoms with Gasteiger partial charge in [-0.15, -0.1) is 0 Å². The summed E-state index contributed by atoms with van der Waals surface area (Å²) >= 11 is 0. The van der Waals surface area contributed by atoms with Crippen molar-refractivity contribution in [3.05, 3.63) is 42.0 Å². The van der Waals surface area contributed by atoms with Gasteiger partial charge in [0.25, 0.3) is 5.91 Å². The van der Waals surface area contributed by atoms with E-state index < -0.39 is 0 Å². The summed E-state index contributed by atoms with van der Waals surface area (Å²) in [6.07, 6.45) is 1.23. The normalized spacial score (nSPS) is 12.2. The SMILES string of the molecule is CC(C)Oc1ccccc1C(=O)N[C@@H](C)c1ncon1. The Morgan fingerprint density at radius 3 is 2.70 bits per heavy atom. The lowest BCUT2D eigenvalue weighted by molar-refractivity contribution is 0.0932. The van der Waals surface area contributed by atoms with Crippen LogP contribution in [-0.2, 0) is 0 Å². The standard InChI is InChI=1S/C14H17N3O3/c1-9(2)20-12-7-5-4-6-11(12)14(18)16-10(3)13-15-8-19-17-13/h4-10H,1-3H3,(H,16,18)/t10-/m0/s1. The summed E-state index contributed by atoms with van der Waals surface area (Å²) in [7, 11) is 0. The van der Waals surface area contributed by atoms with E-state index in [0.29, 0.717) is 17.1 Å². The number of hydrogen-bond donors (Lipinski definition) is 1. The predicted octanol–water partition coefficient (Wildman–Crippen LogP) is 2.35. The number of nitrogens with one attached hydrogen (secondary N) is 1. The number of amides is 1. The number of hydrogen-bond acceptors (Lipinski definition) is 5. The average Bonchev–Trinajstić information content (AvgIpc) is 2.92. The molecule has 0 aliphatic rings. The summed E-state index contributed by atoms with van der Waals surface area (Å²) in [5.41, 5.74) is 0.483. The third-order valence-electron chi connectivity index (χ3n) is 2.61. The minimum atomic E-state index is -0.339. The van der Waals surface area contributed by atoms with Crippen molar-refractivity contribution in [2.75, 3.05) is 0 Å². The van der Waals surface area contributed by atoms with E-state index in [-0.39, 0.29) is 18.1 Å². The van der Waals surface area contributed by atoms with E-state index in [1.54, 1.807) is 25.1 Å². The number of carbonyl (C=O) groups is 1. The number of rotatable bonds is 5. The molecule has 6 nitrogen and oxygen atoms in total. The number of para-hydroxylation sites is 1. The maximum atomic E-state index is 12.3. The zero-order valence-electron chi connectivity index (χ0n) is 11.7. The highest BCUT2D eigenvalue weighted by atomic mass is 16.5. The van der Waals surface area contributed by atoms with Crippen molar-refractivity contribution < 1.29 is 14.1 Å². The summed E-state index contributed by atoms with van der Waals surface area (Å²) < 4.78 is 10.3. The maximum absolute atomic E-state index is 12.3. The first-order chi connectivity index (χ1) is 9.58. The van der Waals surface area contributed by atoms with Gasteiger partial charge in [0.05, 0.1) is 17.7 Å². The van der Waals surface area contributed by atoms with Gasteiger partial charge >= 0.3 is 0 Å². The Balaban J connectivity index is 2.13. The molecule has 1 heterocycles. The van der Waals surface area contributed by atoms with Crippen LogP contribution in [0.1, 0.15) is 43.0 Å². The van der Waals surface area contributed by atoms with Gasteiger partial charge in [0.1, 0.15) is 5.75 Å². The minimum absolute atomic E-state index is 0.00131. The number of ether oxygens (including phenoxy) is 1. The number of nitrogens with zero attached hydrogens (tertiary/aromatic N) is 2. The third kappa shape index (κ3) is 3.34. The lowest BCUT2D eigenvalue weighted by Gasteiger charge is -2.15. The van der Waals surface area contributed by atoms with Crippen LogP contribution in [0.25, 0.3) is 0 Å². The molecule has 20 heavy (non-hydrogen) atoms. The second kappa shape index (κ2) is 6.18. The zero-order valence-corrected chi connectivity index (χ0v) is 11.7. The van der Waals surface area contributed by atoms with Gasteiger partial charge in [-0.25, -0.2) is 0 Å². The van der Waals surface area contributed by atoms with E-state index in [4.69, 9.17) is 4.74 Å². The Kier molecular flexibility index (Phi) is 4.34. The van der Waals surface area contributed by atoms with Gasteiger partial charge in [-0.3, -0.25) is 4.79 Å². The first kappa shape index (κ1) is 14.0. The summed E-state index contributed by atoms with van der Waals surface area (Å²) in [4.78, 5) is 16.2. The largest absolute Gasteiger partial charge is 0.490 e. The lowest BCUT2D eigenvalue weighted by Crippen LogP contribution is -2.28. The highest BCUT2D eigenvalue weighted by molar-refractivity contribution is 5.97. The molecule has 1 aromatic heterocycles. The Labute approximate surface area is 117 Å². The van der Waals surface area contributed by atoms with Crippen LogP contribution in [0.2, 0.25) is 0 Å². The van der Waals surface area contributed by atoms with Crippen LogP contribution in [0.15, 0.2) is 35.2 Å². The number of benzene rings is 1. The van der Waals surface area contributed by atoms with E-state index in [0.717, 1.165) is 0 Å². The van der Waals surface area contributed by atoms with Crippen molar-refractivity contribution in [3.8, 4) is 5.75 Å². The van der Waals surface area contributed by atoms with E-state index in [1.165, 1.54) is 6.39 Å². The van der Waals surface area contributed by atoms with Gasteiger partial charge in [0.15, 0.2) is 5.82 Å². The molecule has 1 amide bonds. The zero-order chi connectivity index (χ0) is 14.5. The molecule has 0 aliphatic carbocycles. The summed E-state index contributed by atoms with van der Waals surface area (Å²) in [6.45, 7) is 5.61. The molecule has 0 saturated carbocycles. The number of carbonyl (C=O) groups excluding carboxylic acids is 1. The Hall–Kier alpha value is -2.37. The first-order valence-corrected chi connectivity index (χ1v) is 6.40. The summed E-state index contributed by atoms with van der Waals surface area (Å²) in [6, 6.07) is 6.77. The van der Waals surface area contributed by atoms with Crippen LogP contribution >= 0.6 is 0 Å². The molecule has 2 rings (SSSR count). The van der Waals surface area contributed by atoms with Crippen molar-refractivity contribution in [3.63, 3.8) is 0 Å². The molecular weight excluding hydrogens is 258 g/mol. The van der Waals surface area contributed by atoms with Gasteiger partial charge in [-0.1, -0.05) is 17.3 Å². The second-order valence-electron chi connectivity index (χ2n) is 4.65. The van der Waals surface area contributed by atoms with Gasteiger partial charge in [0.2, 0.25) is 6.39 Å². The number of aromatic nitrogens is 2. The monoisotopic (exact) mass is 275 g/mol. The van der Waals surface area contributed by atoms with Crippen LogP contribution in [0.4, 0.5) is 0 Å². The molecule has 1 N–H and O–H groups in total. The summed E-state index contributed by atoms with van der Waals surface area (Å²) in [5.74, 6) is 0.750.